The third kappa shape index (κ3) is 1.82. The van der Waals surface area contributed by atoms with E-state index in [1.54, 1.807) is 6.92 Å². The van der Waals surface area contributed by atoms with Gasteiger partial charge in [0.1, 0.15) is 5.60 Å². The molecule has 0 aromatic heterocycles. The van der Waals surface area contributed by atoms with Crippen molar-refractivity contribution in [2.75, 3.05) is 0 Å². The number of fused-ring (bicyclic) bond motifs is 1. The van der Waals surface area contributed by atoms with E-state index >= 15 is 0 Å². The number of ketones is 1. The summed E-state index contributed by atoms with van der Waals surface area (Å²) in [5, 5.41) is 10.9. The van der Waals surface area contributed by atoms with Gasteiger partial charge in [-0.25, -0.2) is 0 Å². The first-order valence-corrected chi connectivity index (χ1v) is 8.33. The number of benzene rings is 1. The summed E-state index contributed by atoms with van der Waals surface area (Å²) in [4.78, 5) is 12.9. The molecule has 0 bridgehead atoms. The van der Waals surface area contributed by atoms with Gasteiger partial charge in [0.05, 0.1) is 0 Å². The normalized spacial score (nSPS) is 28.3. The zero-order valence-corrected chi connectivity index (χ0v) is 13.9. The lowest BCUT2D eigenvalue weighted by atomic mass is 9.67. The Kier molecular flexibility index (Phi) is 2.90. The molecule has 118 valence electrons. The molecular formula is C21H22O2. The molecule has 23 heavy (non-hydrogen) atoms. The average Bonchev–Trinajstić information content (AvgIpc) is 3.28. The summed E-state index contributed by atoms with van der Waals surface area (Å²) < 4.78 is 0. The first-order valence-electron chi connectivity index (χ1n) is 8.33. The van der Waals surface area contributed by atoms with Gasteiger partial charge in [0.25, 0.3) is 0 Å². The summed E-state index contributed by atoms with van der Waals surface area (Å²) in [6.07, 6.45) is 4.63. The number of allylic oxidation sites excluding steroid dienone is 4. The van der Waals surface area contributed by atoms with E-state index in [1.807, 2.05) is 12.1 Å². The van der Waals surface area contributed by atoms with Crippen LogP contribution in [-0.4, -0.2) is 16.5 Å². The molecule has 0 radical (unpaired) electrons. The molecule has 0 unspecified atom stereocenters. The number of Topliss-reactive ketones (excluding diaryl/α,β-unsaturated/α-hetero) is 1. The standard InChI is InChI=1S/C21H22O2/c1-13-11-17-18(16(13)12-15-7-5-4-6-8-15)14(2)21(9-10-21)20(3,23)19(17)22/h4-8,11,23H,9-10,12H2,1-3H3/t20-/m0/s1. The molecule has 2 nitrogen and oxygen atoms in total. The Morgan fingerprint density at radius 1 is 1.13 bits per heavy atom. The highest BCUT2D eigenvalue weighted by Crippen LogP contribution is 2.65. The summed E-state index contributed by atoms with van der Waals surface area (Å²) in [6.45, 7) is 5.89. The van der Waals surface area contributed by atoms with Crippen LogP contribution < -0.4 is 0 Å². The van der Waals surface area contributed by atoms with Crippen LogP contribution in [0, 0.1) is 5.41 Å². The van der Waals surface area contributed by atoms with Crippen LogP contribution in [0.1, 0.15) is 39.2 Å². The quantitative estimate of drug-likeness (QED) is 0.899. The summed E-state index contributed by atoms with van der Waals surface area (Å²) in [5.41, 5.74) is 5.10. The van der Waals surface area contributed by atoms with E-state index in [9.17, 15) is 9.90 Å². The zero-order valence-electron chi connectivity index (χ0n) is 13.9. The Balaban J connectivity index is 1.83. The van der Waals surface area contributed by atoms with E-state index in [-0.39, 0.29) is 11.2 Å². The monoisotopic (exact) mass is 306 g/mol. The first-order chi connectivity index (χ1) is 10.9. The number of hydrogen-bond donors (Lipinski definition) is 1. The molecule has 0 aliphatic heterocycles. The topological polar surface area (TPSA) is 37.3 Å². The van der Waals surface area contributed by atoms with Gasteiger partial charge in [0.15, 0.2) is 5.78 Å². The fourth-order valence-electron chi connectivity index (χ4n) is 4.44. The average molecular weight is 306 g/mol. The second kappa shape index (κ2) is 4.55. The van der Waals surface area contributed by atoms with Crippen LogP contribution >= 0.6 is 0 Å². The van der Waals surface area contributed by atoms with E-state index in [2.05, 4.69) is 38.1 Å². The van der Waals surface area contributed by atoms with Crippen molar-refractivity contribution >= 4 is 5.78 Å². The van der Waals surface area contributed by atoms with Crippen LogP contribution in [0.15, 0.2) is 64.3 Å². The lowest BCUT2D eigenvalue weighted by Crippen LogP contribution is -2.49. The third-order valence-corrected chi connectivity index (χ3v) is 6.09. The minimum atomic E-state index is -1.26. The minimum Gasteiger partial charge on any atom is -0.381 e. The van der Waals surface area contributed by atoms with E-state index in [0.717, 1.165) is 30.4 Å². The van der Waals surface area contributed by atoms with E-state index in [1.165, 1.54) is 16.7 Å². The summed E-state index contributed by atoms with van der Waals surface area (Å²) in [7, 11) is 0. The molecule has 0 saturated heterocycles. The predicted molar refractivity (Wildman–Crippen MR) is 90.9 cm³/mol. The van der Waals surface area contributed by atoms with Crippen molar-refractivity contribution in [1.82, 2.24) is 0 Å². The van der Waals surface area contributed by atoms with Gasteiger partial charge in [-0.1, -0.05) is 35.9 Å². The smallest absolute Gasteiger partial charge is 0.195 e. The molecule has 4 rings (SSSR count). The molecule has 1 aromatic rings. The predicted octanol–water partition coefficient (Wildman–Crippen LogP) is 3.92. The van der Waals surface area contributed by atoms with Gasteiger partial charge in [-0.05, 0) is 68.4 Å². The van der Waals surface area contributed by atoms with Gasteiger partial charge < -0.3 is 5.11 Å². The number of carbonyl (C=O) groups excluding carboxylic acids is 1. The fraction of sp³-hybridized carbons (Fsp3) is 0.381. The summed E-state index contributed by atoms with van der Waals surface area (Å²) in [6, 6.07) is 10.4. The SMILES string of the molecule is CC1=C(Cc2ccccc2)C2=C(C)C3(CC3)[C@@](C)(O)C(=O)C2=C1. The van der Waals surface area contributed by atoms with Crippen molar-refractivity contribution in [2.45, 2.75) is 45.6 Å². The number of carbonyl (C=O) groups is 1. The molecule has 3 aliphatic carbocycles. The molecule has 3 aliphatic rings. The highest BCUT2D eigenvalue weighted by atomic mass is 16.3. The maximum Gasteiger partial charge on any atom is 0.195 e. The second-order valence-electron chi connectivity index (χ2n) is 7.37. The fourth-order valence-corrected chi connectivity index (χ4v) is 4.44. The molecule has 0 amide bonds. The van der Waals surface area contributed by atoms with Crippen molar-refractivity contribution in [2.24, 2.45) is 5.41 Å². The molecule has 1 spiro atoms. The van der Waals surface area contributed by atoms with Crippen LogP contribution in [0.2, 0.25) is 0 Å². The molecule has 0 heterocycles. The molecular weight excluding hydrogens is 284 g/mol. The lowest BCUT2D eigenvalue weighted by molar-refractivity contribution is -0.137. The van der Waals surface area contributed by atoms with Gasteiger partial charge in [-0.15, -0.1) is 0 Å². The Morgan fingerprint density at radius 2 is 1.78 bits per heavy atom. The van der Waals surface area contributed by atoms with Gasteiger partial charge >= 0.3 is 0 Å². The van der Waals surface area contributed by atoms with Gasteiger partial charge in [-0.2, -0.15) is 0 Å². The molecule has 2 heteroatoms. The minimum absolute atomic E-state index is 0.0991. The lowest BCUT2D eigenvalue weighted by Gasteiger charge is -2.39. The zero-order chi connectivity index (χ0) is 16.4. The van der Waals surface area contributed by atoms with Crippen molar-refractivity contribution in [3.63, 3.8) is 0 Å². The van der Waals surface area contributed by atoms with E-state index in [0.29, 0.717) is 5.57 Å². The Bertz CT molecular complexity index is 800. The van der Waals surface area contributed by atoms with Crippen LogP contribution in [0.25, 0.3) is 0 Å². The molecule has 1 N–H and O–H groups in total. The van der Waals surface area contributed by atoms with Crippen LogP contribution in [-0.2, 0) is 11.2 Å². The molecule has 1 atom stereocenters. The van der Waals surface area contributed by atoms with Gasteiger partial charge in [-0.3, -0.25) is 4.79 Å². The van der Waals surface area contributed by atoms with Crippen molar-refractivity contribution < 1.29 is 9.90 Å². The number of rotatable bonds is 2. The first kappa shape index (κ1) is 14.6. The van der Waals surface area contributed by atoms with Gasteiger partial charge in [0, 0.05) is 11.0 Å². The van der Waals surface area contributed by atoms with Crippen LogP contribution in [0.3, 0.4) is 0 Å². The van der Waals surface area contributed by atoms with Crippen molar-refractivity contribution in [3.8, 4) is 0 Å². The number of hydrogen-bond acceptors (Lipinski definition) is 2. The van der Waals surface area contributed by atoms with Crippen LogP contribution in [0.4, 0.5) is 0 Å². The third-order valence-electron chi connectivity index (χ3n) is 6.09. The second-order valence-corrected chi connectivity index (χ2v) is 7.37. The highest BCUT2D eigenvalue weighted by molar-refractivity contribution is 6.10. The van der Waals surface area contributed by atoms with Crippen molar-refractivity contribution in [1.29, 1.82) is 0 Å². The number of aliphatic hydroxyl groups is 1. The maximum absolute atomic E-state index is 12.9. The summed E-state index contributed by atoms with van der Waals surface area (Å²) >= 11 is 0. The largest absolute Gasteiger partial charge is 0.381 e. The maximum atomic E-state index is 12.9. The summed E-state index contributed by atoms with van der Waals surface area (Å²) in [5.74, 6) is -0.0991. The Labute approximate surface area is 137 Å². The molecule has 1 saturated carbocycles. The Morgan fingerprint density at radius 3 is 2.39 bits per heavy atom. The van der Waals surface area contributed by atoms with Crippen LogP contribution in [0.5, 0.6) is 0 Å². The highest BCUT2D eigenvalue weighted by Gasteiger charge is 2.64. The van der Waals surface area contributed by atoms with E-state index in [4.69, 9.17) is 0 Å². The Hall–Kier alpha value is -1.93. The molecule has 1 fully saturated rings. The van der Waals surface area contributed by atoms with Crippen molar-refractivity contribution in [3.05, 3.63) is 69.8 Å². The van der Waals surface area contributed by atoms with E-state index < -0.39 is 5.60 Å². The molecule has 1 aromatic carbocycles. The van der Waals surface area contributed by atoms with Gasteiger partial charge in [0.2, 0.25) is 0 Å².